The van der Waals surface area contributed by atoms with E-state index in [2.05, 4.69) is 12.1 Å². The van der Waals surface area contributed by atoms with Crippen molar-refractivity contribution in [2.45, 2.75) is 25.2 Å². The number of benzene rings is 1. The Balaban J connectivity index is 2.07. The highest BCUT2D eigenvalue weighted by Crippen LogP contribution is 2.37. The Hall–Kier alpha value is -1.31. The fourth-order valence-electron chi connectivity index (χ4n) is 2.32. The summed E-state index contributed by atoms with van der Waals surface area (Å²) in [5.41, 5.74) is 1.33. The molecule has 1 aromatic carbocycles. The van der Waals surface area contributed by atoms with Gasteiger partial charge in [0.15, 0.2) is 0 Å². The zero-order valence-corrected chi connectivity index (χ0v) is 8.98. The van der Waals surface area contributed by atoms with Crippen molar-refractivity contribution in [3.63, 3.8) is 0 Å². The topological polar surface area (TPSA) is 26.3 Å². The molecule has 0 unspecified atom stereocenters. The summed E-state index contributed by atoms with van der Waals surface area (Å²) in [4.78, 5) is 10.7. The van der Waals surface area contributed by atoms with Gasteiger partial charge in [-0.15, -0.1) is 0 Å². The van der Waals surface area contributed by atoms with Crippen LogP contribution in [0.1, 0.15) is 30.7 Å². The monoisotopic (exact) mass is 204 g/mol. The van der Waals surface area contributed by atoms with Crippen LogP contribution in [0.25, 0.3) is 0 Å². The molecule has 1 aliphatic carbocycles. The summed E-state index contributed by atoms with van der Waals surface area (Å²) in [5, 5.41) is 0. The van der Waals surface area contributed by atoms with Crippen LogP contribution in [0.3, 0.4) is 0 Å². The summed E-state index contributed by atoms with van der Waals surface area (Å²) in [6.45, 7) is 0. The van der Waals surface area contributed by atoms with Crippen molar-refractivity contribution in [1.82, 2.24) is 0 Å². The number of hydrogen-bond acceptors (Lipinski definition) is 2. The molecule has 0 aromatic heterocycles. The number of carbonyl (C=O) groups is 1. The van der Waals surface area contributed by atoms with E-state index in [1.54, 1.807) is 7.11 Å². The molecule has 0 amide bonds. The molecule has 0 aliphatic heterocycles. The lowest BCUT2D eigenvalue weighted by molar-refractivity contribution is -0.110. The maximum atomic E-state index is 10.7. The molecule has 2 heteroatoms. The molecule has 0 saturated heterocycles. The van der Waals surface area contributed by atoms with Crippen LogP contribution in [-0.2, 0) is 4.79 Å². The van der Waals surface area contributed by atoms with Crippen molar-refractivity contribution in [3.05, 3.63) is 29.8 Å². The number of rotatable bonds is 3. The fraction of sp³-hybridized carbons (Fsp3) is 0.462. The summed E-state index contributed by atoms with van der Waals surface area (Å²) in [5.74, 6) is 1.73. The van der Waals surface area contributed by atoms with Crippen LogP contribution < -0.4 is 4.74 Å². The first-order valence-electron chi connectivity index (χ1n) is 5.42. The lowest BCUT2D eigenvalue weighted by Gasteiger charge is -2.10. The second kappa shape index (κ2) is 4.47. The molecular formula is C13H16O2. The van der Waals surface area contributed by atoms with Crippen molar-refractivity contribution in [2.75, 3.05) is 7.11 Å². The number of methoxy groups -OCH3 is 1. The standard InChI is InChI=1S/C13H16O2/c1-15-13-6-4-11(5-7-13)12-3-2-10(8-12)9-14/h4-7,9-10,12H,2-3,8H2,1H3/t10-,12+/m1/s1. The van der Waals surface area contributed by atoms with Crippen LogP contribution >= 0.6 is 0 Å². The minimum atomic E-state index is 0.275. The molecule has 0 N–H and O–H groups in total. The van der Waals surface area contributed by atoms with Gasteiger partial charge in [0.05, 0.1) is 7.11 Å². The van der Waals surface area contributed by atoms with Crippen LogP contribution in [0.15, 0.2) is 24.3 Å². The van der Waals surface area contributed by atoms with E-state index in [1.165, 1.54) is 5.56 Å². The predicted molar refractivity (Wildman–Crippen MR) is 59.1 cm³/mol. The second-order valence-corrected chi connectivity index (χ2v) is 4.18. The van der Waals surface area contributed by atoms with Crippen LogP contribution in [0.4, 0.5) is 0 Å². The van der Waals surface area contributed by atoms with E-state index in [0.29, 0.717) is 5.92 Å². The van der Waals surface area contributed by atoms with Crippen molar-refractivity contribution in [2.24, 2.45) is 5.92 Å². The Kier molecular flexibility index (Phi) is 3.05. The van der Waals surface area contributed by atoms with Gasteiger partial charge in [-0.25, -0.2) is 0 Å². The Labute approximate surface area is 90.3 Å². The highest BCUT2D eigenvalue weighted by molar-refractivity contribution is 5.54. The van der Waals surface area contributed by atoms with E-state index in [4.69, 9.17) is 4.74 Å². The Morgan fingerprint density at radius 3 is 2.53 bits per heavy atom. The molecule has 1 aromatic rings. The zero-order chi connectivity index (χ0) is 10.7. The molecule has 2 atom stereocenters. The van der Waals surface area contributed by atoms with Gasteiger partial charge in [0.2, 0.25) is 0 Å². The SMILES string of the molecule is COc1ccc([C@H]2CC[C@@H](C=O)C2)cc1. The number of carbonyl (C=O) groups excluding carboxylic acids is 1. The summed E-state index contributed by atoms with van der Waals surface area (Å²) in [6.07, 6.45) is 4.29. The van der Waals surface area contributed by atoms with E-state index in [9.17, 15) is 4.79 Å². The maximum Gasteiger partial charge on any atom is 0.123 e. The van der Waals surface area contributed by atoms with Crippen LogP contribution in [0.2, 0.25) is 0 Å². The summed E-state index contributed by atoms with van der Waals surface area (Å²) in [6, 6.07) is 8.19. The summed E-state index contributed by atoms with van der Waals surface area (Å²) >= 11 is 0. The highest BCUT2D eigenvalue weighted by atomic mass is 16.5. The zero-order valence-electron chi connectivity index (χ0n) is 8.98. The van der Waals surface area contributed by atoms with Crippen LogP contribution in [0, 0.1) is 5.92 Å². The molecule has 0 bridgehead atoms. The third kappa shape index (κ3) is 2.20. The minimum absolute atomic E-state index is 0.275. The van der Waals surface area contributed by atoms with E-state index >= 15 is 0 Å². The molecule has 0 radical (unpaired) electrons. The molecule has 1 saturated carbocycles. The first-order valence-corrected chi connectivity index (χ1v) is 5.42. The highest BCUT2D eigenvalue weighted by Gasteiger charge is 2.25. The van der Waals surface area contributed by atoms with E-state index in [0.717, 1.165) is 31.3 Å². The molecular weight excluding hydrogens is 188 g/mol. The van der Waals surface area contributed by atoms with Crippen LogP contribution in [-0.4, -0.2) is 13.4 Å². The maximum absolute atomic E-state index is 10.7. The van der Waals surface area contributed by atoms with Crippen molar-refractivity contribution in [3.8, 4) is 5.75 Å². The quantitative estimate of drug-likeness (QED) is 0.708. The van der Waals surface area contributed by atoms with Gasteiger partial charge in [-0.3, -0.25) is 0 Å². The normalized spacial score (nSPS) is 25.1. The molecule has 15 heavy (non-hydrogen) atoms. The van der Waals surface area contributed by atoms with Crippen molar-refractivity contribution in [1.29, 1.82) is 0 Å². The average Bonchev–Trinajstić information content (AvgIpc) is 2.78. The number of hydrogen-bond donors (Lipinski definition) is 0. The molecule has 1 fully saturated rings. The average molecular weight is 204 g/mol. The largest absolute Gasteiger partial charge is 0.497 e. The van der Waals surface area contributed by atoms with Gasteiger partial charge >= 0.3 is 0 Å². The van der Waals surface area contributed by atoms with Gasteiger partial charge in [0, 0.05) is 5.92 Å². The molecule has 1 aliphatic rings. The van der Waals surface area contributed by atoms with Crippen molar-refractivity contribution >= 4 is 6.29 Å². The van der Waals surface area contributed by atoms with E-state index < -0.39 is 0 Å². The molecule has 0 spiro atoms. The fourth-order valence-corrected chi connectivity index (χ4v) is 2.32. The summed E-state index contributed by atoms with van der Waals surface area (Å²) < 4.78 is 5.12. The number of aldehydes is 1. The Morgan fingerprint density at radius 2 is 2.00 bits per heavy atom. The molecule has 0 heterocycles. The Morgan fingerprint density at radius 1 is 1.27 bits per heavy atom. The van der Waals surface area contributed by atoms with E-state index in [1.807, 2.05) is 12.1 Å². The molecule has 2 rings (SSSR count). The third-order valence-corrected chi connectivity index (χ3v) is 3.25. The van der Waals surface area contributed by atoms with Gasteiger partial charge < -0.3 is 9.53 Å². The third-order valence-electron chi connectivity index (χ3n) is 3.25. The molecule has 2 nitrogen and oxygen atoms in total. The van der Waals surface area contributed by atoms with E-state index in [-0.39, 0.29) is 5.92 Å². The van der Waals surface area contributed by atoms with Crippen LogP contribution in [0.5, 0.6) is 5.75 Å². The minimum Gasteiger partial charge on any atom is -0.497 e. The smallest absolute Gasteiger partial charge is 0.123 e. The first-order chi connectivity index (χ1) is 7.33. The lowest BCUT2D eigenvalue weighted by Crippen LogP contribution is -1.96. The first kappa shape index (κ1) is 10.2. The van der Waals surface area contributed by atoms with Gasteiger partial charge in [-0.1, -0.05) is 12.1 Å². The van der Waals surface area contributed by atoms with Gasteiger partial charge in [0.1, 0.15) is 12.0 Å². The molecule has 80 valence electrons. The van der Waals surface area contributed by atoms with Crippen molar-refractivity contribution < 1.29 is 9.53 Å². The lowest BCUT2D eigenvalue weighted by atomic mass is 9.96. The summed E-state index contributed by atoms with van der Waals surface area (Å²) in [7, 11) is 1.67. The van der Waals surface area contributed by atoms with Gasteiger partial charge in [-0.05, 0) is 42.9 Å². The second-order valence-electron chi connectivity index (χ2n) is 4.18. The number of ether oxygens (including phenoxy) is 1. The predicted octanol–water partition coefficient (Wildman–Crippen LogP) is 2.78. The van der Waals surface area contributed by atoms with Gasteiger partial charge in [0.25, 0.3) is 0 Å². The van der Waals surface area contributed by atoms with Gasteiger partial charge in [-0.2, -0.15) is 0 Å². The Bertz CT molecular complexity index is 329.